The molecule has 0 spiro atoms. The van der Waals surface area contributed by atoms with Crippen LogP contribution in [0.3, 0.4) is 0 Å². The lowest BCUT2D eigenvalue weighted by Gasteiger charge is -1.99. The molecular formula is C18H14Cl2N4O2. The number of carbonyl (C=O) groups is 1. The number of amides is 1. The molecule has 26 heavy (non-hydrogen) atoms. The van der Waals surface area contributed by atoms with Crippen LogP contribution in [0.25, 0.3) is 11.3 Å². The van der Waals surface area contributed by atoms with Gasteiger partial charge in [0, 0.05) is 5.56 Å². The SMILES string of the molecule is COc1ccc(/C=N/NC(=O)c2cc(-c3ccc(Cl)c(Cl)c3)n[nH]2)cc1. The number of nitrogens with zero attached hydrogens (tertiary/aromatic N) is 2. The summed E-state index contributed by atoms with van der Waals surface area (Å²) in [6.45, 7) is 0. The molecule has 6 nitrogen and oxygen atoms in total. The Balaban J connectivity index is 1.65. The maximum absolute atomic E-state index is 12.1. The molecule has 8 heteroatoms. The second-order valence-corrected chi connectivity index (χ2v) is 6.08. The highest BCUT2D eigenvalue weighted by atomic mass is 35.5. The molecule has 2 aromatic carbocycles. The van der Waals surface area contributed by atoms with Crippen LogP contribution in [0.15, 0.2) is 53.6 Å². The molecule has 0 unspecified atom stereocenters. The third kappa shape index (κ3) is 4.22. The third-order valence-electron chi connectivity index (χ3n) is 3.53. The second kappa shape index (κ2) is 8.03. The van der Waals surface area contributed by atoms with Crippen LogP contribution in [-0.4, -0.2) is 29.4 Å². The Bertz CT molecular complexity index is 952. The van der Waals surface area contributed by atoms with E-state index >= 15 is 0 Å². The van der Waals surface area contributed by atoms with E-state index in [0.717, 1.165) is 16.9 Å². The Hall–Kier alpha value is -2.83. The maximum atomic E-state index is 12.1. The zero-order valence-corrected chi connectivity index (χ0v) is 15.2. The van der Waals surface area contributed by atoms with Crippen LogP contribution in [0.1, 0.15) is 16.1 Å². The number of nitrogens with one attached hydrogen (secondary N) is 2. The molecule has 1 heterocycles. The van der Waals surface area contributed by atoms with Crippen molar-refractivity contribution in [2.24, 2.45) is 5.10 Å². The number of methoxy groups -OCH3 is 1. The predicted molar refractivity (Wildman–Crippen MR) is 102 cm³/mol. The van der Waals surface area contributed by atoms with Gasteiger partial charge in [0.1, 0.15) is 11.4 Å². The summed E-state index contributed by atoms with van der Waals surface area (Å²) < 4.78 is 5.08. The van der Waals surface area contributed by atoms with Gasteiger partial charge in [-0.15, -0.1) is 0 Å². The van der Waals surface area contributed by atoms with Crippen LogP contribution in [0.2, 0.25) is 10.0 Å². The van der Waals surface area contributed by atoms with E-state index in [0.29, 0.717) is 15.7 Å². The molecule has 0 aliphatic rings. The van der Waals surface area contributed by atoms with Crippen molar-refractivity contribution in [2.75, 3.05) is 7.11 Å². The van der Waals surface area contributed by atoms with Crippen LogP contribution in [0, 0.1) is 0 Å². The number of rotatable bonds is 5. The van der Waals surface area contributed by atoms with E-state index in [2.05, 4.69) is 20.7 Å². The van der Waals surface area contributed by atoms with E-state index in [1.807, 2.05) is 24.3 Å². The Labute approximate surface area is 159 Å². The van der Waals surface area contributed by atoms with Gasteiger partial charge < -0.3 is 4.74 Å². The Morgan fingerprint density at radius 3 is 2.62 bits per heavy atom. The van der Waals surface area contributed by atoms with Crippen molar-refractivity contribution in [1.29, 1.82) is 0 Å². The molecule has 0 aliphatic carbocycles. The number of halogens is 2. The molecule has 0 radical (unpaired) electrons. The van der Waals surface area contributed by atoms with Crippen molar-refractivity contribution in [2.45, 2.75) is 0 Å². The van der Waals surface area contributed by atoms with Crippen molar-refractivity contribution >= 4 is 35.3 Å². The van der Waals surface area contributed by atoms with Crippen LogP contribution < -0.4 is 10.2 Å². The number of carbonyl (C=O) groups excluding carboxylic acids is 1. The molecule has 3 rings (SSSR count). The van der Waals surface area contributed by atoms with Crippen LogP contribution in [0.5, 0.6) is 5.75 Å². The van der Waals surface area contributed by atoms with E-state index in [1.54, 1.807) is 31.4 Å². The molecule has 0 fully saturated rings. The number of ether oxygens (including phenoxy) is 1. The maximum Gasteiger partial charge on any atom is 0.289 e. The first-order valence-electron chi connectivity index (χ1n) is 7.55. The molecule has 1 aromatic heterocycles. The Morgan fingerprint density at radius 1 is 1.15 bits per heavy atom. The summed E-state index contributed by atoms with van der Waals surface area (Å²) >= 11 is 11.9. The monoisotopic (exact) mass is 388 g/mol. The molecular weight excluding hydrogens is 375 g/mol. The number of hydrazone groups is 1. The van der Waals surface area contributed by atoms with Gasteiger partial charge in [-0.05, 0) is 48.0 Å². The van der Waals surface area contributed by atoms with Gasteiger partial charge >= 0.3 is 0 Å². The minimum absolute atomic E-state index is 0.276. The van der Waals surface area contributed by atoms with Crippen molar-refractivity contribution in [3.63, 3.8) is 0 Å². The molecule has 3 aromatic rings. The van der Waals surface area contributed by atoms with Gasteiger partial charge in [-0.2, -0.15) is 10.2 Å². The average molecular weight is 389 g/mol. The lowest BCUT2D eigenvalue weighted by molar-refractivity contribution is 0.0950. The molecule has 0 aliphatic heterocycles. The normalized spacial score (nSPS) is 10.9. The summed E-state index contributed by atoms with van der Waals surface area (Å²) in [6.07, 6.45) is 1.54. The fraction of sp³-hybridized carbons (Fsp3) is 0.0556. The molecule has 132 valence electrons. The fourth-order valence-electron chi connectivity index (χ4n) is 2.16. The number of aromatic amines is 1. The lowest BCUT2D eigenvalue weighted by atomic mass is 10.1. The second-order valence-electron chi connectivity index (χ2n) is 5.27. The summed E-state index contributed by atoms with van der Waals surface area (Å²) in [5.41, 5.74) is 4.87. The number of hydrogen-bond acceptors (Lipinski definition) is 4. The van der Waals surface area contributed by atoms with Gasteiger partial charge in [-0.25, -0.2) is 5.43 Å². The topological polar surface area (TPSA) is 79.4 Å². The molecule has 2 N–H and O–H groups in total. The highest BCUT2D eigenvalue weighted by Crippen LogP contribution is 2.27. The van der Waals surface area contributed by atoms with E-state index in [-0.39, 0.29) is 5.69 Å². The standard InChI is InChI=1S/C18H14Cl2N4O2/c1-26-13-5-2-11(3-6-13)10-21-24-18(25)17-9-16(22-23-17)12-4-7-14(19)15(20)8-12/h2-10H,1H3,(H,22,23)(H,24,25)/b21-10+. The first kappa shape index (κ1) is 18.0. The number of aromatic nitrogens is 2. The molecule has 0 saturated carbocycles. The van der Waals surface area contributed by atoms with Gasteiger partial charge in [-0.3, -0.25) is 9.89 Å². The third-order valence-corrected chi connectivity index (χ3v) is 4.27. The number of benzene rings is 2. The van der Waals surface area contributed by atoms with E-state index < -0.39 is 5.91 Å². The van der Waals surface area contributed by atoms with Crippen molar-refractivity contribution in [3.8, 4) is 17.0 Å². The van der Waals surface area contributed by atoms with Crippen LogP contribution in [0.4, 0.5) is 0 Å². The summed E-state index contributed by atoms with van der Waals surface area (Å²) in [7, 11) is 1.60. The zero-order chi connectivity index (χ0) is 18.5. The van der Waals surface area contributed by atoms with Crippen molar-refractivity contribution in [1.82, 2.24) is 15.6 Å². The molecule has 1 amide bonds. The fourth-order valence-corrected chi connectivity index (χ4v) is 2.46. The van der Waals surface area contributed by atoms with E-state index in [9.17, 15) is 4.79 Å². The van der Waals surface area contributed by atoms with Crippen molar-refractivity contribution in [3.05, 3.63) is 69.8 Å². The van der Waals surface area contributed by atoms with Crippen LogP contribution >= 0.6 is 23.2 Å². The van der Waals surface area contributed by atoms with E-state index in [4.69, 9.17) is 27.9 Å². The highest BCUT2D eigenvalue weighted by molar-refractivity contribution is 6.42. The molecule has 0 saturated heterocycles. The summed E-state index contributed by atoms with van der Waals surface area (Å²) in [6, 6.07) is 14.0. The minimum atomic E-state index is -0.409. The van der Waals surface area contributed by atoms with E-state index in [1.165, 1.54) is 6.21 Å². The van der Waals surface area contributed by atoms with Gasteiger partial charge in [0.25, 0.3) is 5.91 Å². The van der Waals surface area contributed by atoms with Gasteiger partial charge in [-0.1, -0.05) is 29.3 Å². The smallest absolute Gasteiger partial charge is 0.289 e. The average Bonchev–Trinajstić information content (AvgIpc) is 3.15. The van der Waals surface area contributed by atoms with Gasteiger partial charge in [0.15, 0.2) is 0 Å². The molecule has 0 bridgehead atoms. The molecule has 0 atom stereocenters. The number of H-pyrrole nitrogens is 1. The Kier molecular flexibility index (Phi) is 5.55. The van der Waals surface area contributed by atoms with Crippen molar-refractivity contribution < 1.29 is 9.53 Å². The first-order chi connectivity index (χ1) is 12.6. The van der Waals surface area contributed by atoms with Crippen LogP contribution in [-0.2, 0) is 0 Å². The zero-order valence-electron chi connectivity index (χ0n) is 13.7. The van der Waals surface area contributed by atoms with Gasteiger partial charge in [0.2, 0.25) is 0 Å². The summed E-state index contributed by atoms with van der Waals surface area (Å²) in [4.78, 5) is 12.1. The highest BCUT2D eigenvalue weighted by Gasteiger charge is 2.11. The first-order valence-corrected chi connectivity index (χ1v) is 8.30. The predicted octanol–water partition coefficient (Wildman–Crippen LogP) is 4.16. The summed E-state index contributed by atoms with van der Waals surface area (Å²) in [5.74, 6) is 0.340. The lowest BCUT2D eigenvalue weighted by Crippen LogP contribution is -2.17. The quantitative estimate of drug-likeness (QED) is 0.508. The summed E-state index contributed by atoms with van der Waals surface area (Å²) in [5, 5.41) is 11.6. The Morgan fingerprint density at radius 2 is 1.92 bits per heavy atom. The van der Waals surface area contributed by atoms with Gasteiger partial charge in [0.05, 0.1) is 29.1 Å². The largest absolute Gasteiger partial charge is 0.497 e. The number of hydrogen-bond donors (Lipinski definition) is 2. The minimum Gasteiger partial charge on any atom is -0.497 e.